The highest BCUT2D eigenvalue weighted by Gasteiger charge is 2.25. The number of thiazole rings is 1. The zero-order valence-electron chi connectivity index (χ0n) is 18.5. The summed E-state index contributed by atoms with van der Waals surface area (Å²) in [6, 6.07) is 12.7. The lowest BCUT2D eigenvalue weighted by Crippen LogP contribution is -2.48. The van der Waals surface area contributed by atoms with Crippen molar-refractivity contribution in [2.24, 2.45) is 5.92 Å². The van der Waals surface area contributed by atoms with Crippen molar-refractivity contribution < 1.29 is 14.3 Å². The van der Waals surface area contributed by atoms with Gasteiger partial charge in [0, 0.05) is 18.6 Å². The molecule has 9 heteroatoms. The molecular weight excluding hydrogens is 448 g/mol. The maximum atomic E-state index is 12.6. The number of hydrogen-bond acceptors (Lipinski definition) is 5. The molecule has 0 radical (unpaired) electrons. The largest absolute Gasteiger partial charge is 0.447 e. The van der Waals surface area contributed by atoms with Gasteiger partial charge >= 0.3 is 12.1 Å². The number of nitrogens with zero attached hydrogens (tertiary/aromatic N) is 2. The van der Waals surface area contributed by atoms with Crippen molar-refractivity contribution >= 4 is 50.4 Å². The Kier molecular flexibility index (Phi) is 7.93. The zero-order valence-corrected chi connectivity index (χ0v) is 20.1. The minimum Gasteiger partial charge on any atom is -0.447 e. The summed E-state index contributed by atoms with van der Waals surface area (Å²) in [5.41, 5.74) is 2.79. The van der Waals surface area contributed by atoms with Gasteiger partial charge in [0.15, 0.2) is 5.13 Å². The van der Waals surface area contributed by atoms with Crippen LogP contribution in [0.25, 0.3) is 10.2 Å². The van der Waals surface area contributed by atoms with Crippen LogP contribution in [0.2, 0.25) is 5.02 Å². The Bertz CT molecular complexity index is 1100. The molecule has 3 amide bonds. The minimum absolute atomic E-state index is 0.0590. The van der Waals surface area contributed by atoms with E-state index in [-0.39, 0.29) is 24.6 Å². The molecule has 0 saturated carbocycles. The van der Waals surface area contributed by atoms with E-state index in [0.717, 1.165) is 21.3 Å². The molecule has 0 aliphatic heterocycles. The Morgan fingerprint density at radius 3 is 2.69 bits per heavy atom. The predicted octanol–water partition coefficient (Wildman–Crippen LogP) is 5.67. The summed E-state index contributed by atoms with van der Waals surface area (Å²) in [5, 5.41) is 6.61. The van der Waals surface area contributed by atoms with Crippen LogP contribution in [-0.2, 0) is 11.3 Å². The van der Waals surface area contributed by atoms with E-state index in [0.29, 0.717) is 16.7 Å². The molecule has 2 N–H and O–H groups in total. The van der Waals surface area contributed by atoms with Crippen LogP contribution in [0, 0.1) is 12.8 Å². The van der Waals surface area contributed by atoms with Gasteiger partial charge in [0.1, 0.15) is 6.61 Å². The zero-order chi connectivity index (χ0) is 23.3. The lowest BCUT2D eigenvalue weighted by atomic mass is 10.0. The number of halogens is 1. The Morgan fingerprint density at radius 2 is 1.97 bits per heavy atom. The molecule has 3 aromatic rings. The highest BCUT2D eigenvalue weighted by Crippen LogP contribution is 2.26. The molecule has 0 unspecified atom stereocenters. The lowest BCUT2D eigenvalue weighted by Gasteiger charge is -2.31. The number of hydrogen-bond donors (Lipinski definition) is 2. The number of ether oxygens (including phenoxy) is 1. The quantitative estimate of drug-likeness (QED) is 0.462. The number of rotatable bonds is 7. The average molecular weight is 475 g/mol. The van der Waals surface area contributed by atoms with Crippen LogP contribution in [0.15, 0.2) is 42.5 Å². The van der Waals surface area contributed by atoms with E-state index < -0.39 is 6.09 Å². The maximum Gasteiger partial charge on any atom is 0.413 e. The smallest absolute Gasteiger partial charge is 0.413 e. The van der Waals surface area contributed by atoms with Crippen molar-refractivity contribution in [1.82, 2.24) is 15.2 Å². The van der Waals surface area contributed by atoms with E-state index in [9.17, 15) is 9.59 Å². The fourth-order valence-corrected chi connectivity index (χ4v) is 4.36. The second kappa shape index (κ2) is 10.7. The van der Waals surface area contributed by atoms with E-state index in [1.54, 1.807) is 18.0 Å². The molecule has 1 heterocycles. The SMILES string of the molecule is Cc1ccc2nc(NC(=O)OC[C@H](C(C)C)N(C)C(=O)NCc3ccccc3Cl)sc2c1. The molecule has 0 saturated heterocycles. The summed E-state index contributed by atoms with van der Waals surface area (Å²) in [4.78, 5) is 30.9. The Labute approximate surface area is 196 Å². The number of nitrogens with one attached hydrogen (secondary N) is 2. The van der Waals surface area contributed by atoms with E-state index in [2.05, 4.69) is 15.6 Å². The van der Waals surface area contributed by atoms with E-state index >= 15 is 0 Å². The van der Waals surface area contributed by atoms with E-state index in [1.807, 2.05) is 57.2 Å². The number of amides is 3. The number of aryl methyl sites for hydroxylation is 1. The number of fused-ring (bicyclic) bond motifs is 1. The van der Waals surface area contributed by atoms with Crippen LogP contribution in [-0.4, -0.2) is 41.7 Å². The molecular formula is C23H27ClN4O3S. The molecule has 0 bridgehead atoms. The lowest BCUT2D eigenvalue weighted by molar-refractivity contribution is 0.0994. The third-order valence-electron chi connectivity index (χ3n) is 5.11. The third-order valence-corrected chi connectivity index (χ3v) is 6.42. The number of aromatic nitrogens is 1. The summed E-state index contributed by atoms with van der Waals surface area (Å²) in [7, 11) is 1.68. The van der Waals surface area contributed by atoms with Crippen LogP contribution < -0.4 is 10.6 Å². The van der Waals surface area contributed by atoms with Gasteiger partial charge in [-0.05, 0) is 42.2 Å². The van der Waals surface area contributed by atoms with Gasteiger partial charge in [-0.1, -0.05) is 61.1 Å². The Balaban J connectivity index is 1.54. The van der Waals surface area contributed by atoms with Crippen LogP contribution in [0.5, 0.6) is 0 Å². The number of anilines is 1. The van der Waals surface area contributed by atoms with E-state index in [4.69, 9.17) is 16.3 Å². The second-order valence-corrected chi connectivity index (χ2v) is 9.32. The second-order valence-electron chi connectivity index (χ2n) is 7.89. The van der Waals surface area contributed by atoms with Crippen LogP contribution in [0.1, 0.15) is 25.0 Å². The van der Waals surface area contributed by atoms with Crippen LogP contribution >= 0.6 is 22.9 Å². The number of likely N-dealkylation sites (N-methyl/N-ethyl adjacent to an activating group) is 1. The summed E-state index contributed by atoms with van der Waals surface area (Å²) in [5.74, 6) is 0.0734. The van der Waals surface area contributed by atoms with Gasteiger partial charge in [-0.15, -0.1) is 0 Å². The first-order valence-corrected chi connectivity index (χ1v) is 11.5. The Hall–Kier alpha value is -2.84. The predicted molar refractivity (Wildman–Crippen MR) is 129 cm³/mol. The number of carbonyl (C=O) groups is 2. The van der Waals surface area contributed by atoms with Crippen molar-refractivity contribution in [3.63, 3.8) is 0 Å². The molecule has 0 fully saturated rings. The fourth-order valence-electron chi connectivity index (χ4n) is 3.21. The monoisotopic (exact) mass is 474 g/mol. The van der Waals surface area contributed by atoms with E-state index in [1.165, 1.54) is 11.3 Å². The fraction of sp³-hybridized carbons (Fsp3) is 0.348. The normalized spacial score (nSPS) is 11.9. The molecule has 3 rings (SSSR count). The van der Waals surface area contributed by atoms with Gasteiger partial charge in [0.05, 0.1) is 16.3 Å². The standard InChI is InChI=1S/C23H27ClN4O3S/c1-14(2)19(28(4)22(29)25-12-16-7-5-6-8-17(16)24)13-31-23(30)27-21-26-18-10-9-15(3)11-20(18)32-21/h5-11,14,19H,12-13H2,1-4H3,(H,25,29)(H,26,27,30)/t19-/m1/s1. The molecule has 0 spiro atoms. The van der Waals surface area contributed by atoms with Crippen molar-refractivity contribution in [1.29, 1.82) is 0 Å². The average Bonchev–Trinajstić information content (AvgIpc) is 3.13. The highest BCUT2D eigenvalue weighted by molar-refractivity contribution is 7.22. The van der Waals surface area contributed by atoms with Gasteiger partial charge in [0.25, 0.3) is 0 Å². The highest BCUT2D eigenvalue weighted by atomic mass is 35.5. The van der Waals surface area contributed by atoms with Gasteiger partial charge in [-0.25, -0.2) is 14.6 Å². The van der Waals surface area contributed by atoms with Crippen LogP contribution in [0.3, 0.4) is 0 Å². The molecule has 1 atom stereocenters. The molecule has 0 aliphatic rings. The van der Waals surface area contributed by atoms with Crippen molar-refractivity contribution in [2.45, 2.75) is 33.4 Å². The minimum atomic E-state index is -0.601. The topological polar surface area (TPSA) is 83.6 Å². The van der Waals surface area contributed by atoms with Crippen LogP contribution in [0.4, 0.5) is 14.7 Å². The summed E-state index contributed by atoms with van der Waals surface area (Å²) < 4.78 is 6.41. The summed E-state index contributed by atoms with van der Waals surface area (Å²) >= 11 is 7.54. The van der Waals surface area contributed by atoms with Crippen molar-refractivity contribution in [3.8, 4) is 0 Å². The van der Waals surface area contributed by atoms with Gasteiger partial charge in [-0.3, -0.25) is 5.32 Å². The Morgan fingerprint density at radius 1 is 1.22 bits per heavy atom. The number of carbonyl (C=O) groups excluding carboxylic acids is 2. The molecule has 2 aromatic carbocycles. The third kappa shape index (κ3) is 6.11. The van der Waals surface area contributed by atoms with Crippen molar-refractivity contribution in [3.05, 3.63) is 58.6 Å². The van der Waals surface area contributed by atoms with Crippen molar-refractivity contribution in [2.75, 3.05) is 19.0 Å². The first-order valence-electron chi connectivity index (χ1n) is 10.3. The number of benzene rings is 2. The number of urea groups is 1. The van der Waals surface area contributed by atoms with Gasteiger partial charge in [0.2, 0.25) is 0 Å². The molecule has 170 valence electrons. The molecule has 0 aliphatic carbocycles. The summed E-state index contributed by atoms with van der Waals surface area (Å²) in [6.07, 6.45) is -0.601. The first-order chi connectivity index (χ1) is 15.2. The molecule has 7 nitrogen and oxygen atoms in total. The maximum absolute atomic E-state index is 12.6. The first kappa shape index (κ1) is 23.8. The molecule has 1 aromatic heterocycles. The van der Waals surface area contributed by atoms with Gasteiger partial charge < -0.3 is 15.0 Å². The van der Waals surface area contributed by atoms with Gasteiger partial charge in [-0.2, -0.15) is 0 Å². The molecule has 32 heavy (non-hydrogen) atoms. The summed E-state index contributed by atoms with van der Waals surface area (Å²) in [6.45, 7) is 6.32.